The van der Waals surface area contributed by atoms with Crippen LogP contribution in [-0.4, -0.2) is 32.8 Å². The van der Waals surface area contributed by atoms with Gasteiger partial charge in [-0.15, -0.1) is 0 Å². The molecule has 4 aromatic heterocycles. The van der Waals surface area contributed by atoms with Crippen LogP contribution in [0.25, 0.3) is 33.3 Å². The first-order chi connectivity index (χ1) is 16.4. The number of methoxy groups -OCH3 is 1. The second-order valence-electron chi connectivity index (χ2n) is 8.30. The number of esters is 1. The molecule has 0 bridgehead atoms. The van der Waals surface area contributed by atoms with Crippen LogP contribution in [0.5, 0.6) is 0 Å². The molecule has 0 atom stereocenters. The van der Waals surface area contributed by atoms with E-state index < -0.39 is 0 Å². The number of aryl methyl sites for hydroxylation is 3. The third-order valence-corrected chi connectivity index (χ3v) is 5.93. The molecule has 170 valence electrons. The molecule has 7 heteroatoms. The summed E-state index contributed by atoms with van der Waals surface area (Å²) in [7, 11) is 1.38. The zero-order valence-electron chi connectivity index (χ0n) is 19.5. The van der Waals surface area contributed by atoms with Crippen molar-refractivity contribution < 1.29 is 14.1 Å². The fraction of sp³-hybridized carbons (Fsp3) is 0.185. The van der Waals surface area contributed by atoms with Crippen LogP contribution in [0, 0.1) is 20.8 Å². The molecule has 34 heavy (non-hydrogen) atoms. The zero-order valence-corrected chi connectivity index (χ0v) is 19.5. The number of aromatic nitrogens is 4. The molecule has 0 spiro atoms. The van der Waals surface area contributed by atoms with Crippen LogP contribution in [0.3, 0.4) is 0 Å². The Labute approximate surface area is 197 Å². The average molecular weight is 453 g/mol. The van der Waals surface area contributed by atoms with E-state index in [0.29, 0.717) is 12.1 Å². The van der Waals surface area contributed by atoms with Gasteiger partial charge in [0.1, 0.15) is 5.76 Å². The Morgan fingerprint density at radius 1 is 1.06 bits per heavy atom. The summed E-state index contributed by atoms with van der Waals surface area (Å²) in [5.74, 6) is 0.400. The first-order valence-corrected chi connectivity index (χ1v) is 11.0. The maximum Gasteiger partial charge on any atom is 0.337 e. The Morgan fingerprint density at radius 3 is 2.53 bits per heavy atom. The predicted molar refractivity (Wildman–Crippen MR) is 130 cm³/mol. The zero-order chi connectivity index (χ0) is 23.8. The van der Waals surface area contributed by atoms with Gasteiger partial charge in [0.15, 0.2) is 0 Å². The lowest BCUT2D eigenvalue weighted by atomic mass is 10.0. The normalized spacial score (nSPS) is 11.2. The first-order valence-electron chi connectivity index (χ1n) is 11.0. The van der Waals surface area contributed by atoms with Crippen LogP contribution < -0.4 is 0 Å². The second-order valence-corrected chi connectivity index (χ2v) is 8.30. The molecule has 0 aliphatic carbocycles. The fourth-order valence-electron chi connectivity index (χ4n) is 4.31. The molecule has 0 radical (unpaired) electrons. The highest BCUT2D eigenvalue weighted by Gasteiger charge is 2.18. The van der Waals surface area contributed by atoms with Crippen LogP contribution in [0.2, 0.25) is 0 Å². The molecule has 0 aliphatic heterocycles. The van der Waals surface area contributed by atoms with Gasteiger partial charge in [0.25, 0.3) is 0 Å². The molecule has 0 saturated carbocycles. The Hall–Kier alpha value is -4.26. The number of carbonyl (C=O) groups is 1. The van der Waals surface area contributed by atoms with Crippen molar-refractivity contribution in [2.75, 3.05) is 7.11 Å². The molecule has 0 unspecified atom stereocenters. The first kappa shape index (κ1) is 21.6. The van der Waals surface area contributed by atoms with Gasteiger partial charge in [-0.25, -0.2) is 4.79 Å². The maximum absolute atomic E-state index is 11.9. The fourth-order valence-corrected chi connectivity index (χ4v) is 4.31. The Morgan fingerprint density at radius 2 is 1.85 bits per heavy atom. The largest absolute Gasteiger partial charge is 0.465 e. The predicted octanol–water partition coefficient (Wildman–Crippen LogP) is 5.51. The van der Waals surface area contributed by atoms with Gasteiger partial charge in [-0.1, -0.05) is 23.4 Å². The molecule has 0 N–H and O–H groups in total. The van der Waals surface area contributed by atoms with Crippen molar-refractivity contribution in [1.82, 2.24) is 19.7 Å². The van der Waals surface area contributed by atoms with Gasteiger partial charge in [0, 0.05) is 34.8 Å². The minimum absolute atomic E-state index is 0.360. The summed E-state index contributed by atoms with van der Waals surface area (Å²) >= 11 is 0. The lowest BCUT2D eigenvalue weighted by Crippen LogP contribution is -2.01. The highest BCUT2D eigenvalue weighted by atomic mass is 16.5. The third kappa shape index (κ3) is 3.85. The third-order valence-electron chi connectivity index (χ3n) is 5.93. The molecule has 1 aromatic carbocycles. The summed E-state index contributed by atoms with van der Waals surface area (Å²) < 4.78 is 12.4. The summed E-state index contributed by atoms with van der Waals surface area (Å²) in [6, 6.07) is 15.5. The average Bonchev–Trinajstić information content (AvgIpc) is 3.37. The van der Waals surface area contributed by atoms with E-state index in [1.54, 1.807) is 12.1 Å². The lowest BCUT2D eigenvalue weighted by molar-refractivity contribution is 0.0600. The highest BCUT2D eigenvalue weighted by molar-refractivity contribution is 5.96. The number of fused-ring (bicyclic) bond motifs is 1. The van der Waals surface area contributed by atoms with E-state index in [-0.39, 0.29) is 5.97 Å². The number of pyridine rings is 2. The van der Waals surface area contributed by atoms with Gasteiger partial charge in [0.05, 0.1) is 41.6 Å². The van der Waals surface area contributed by atoms with E-state index in [1.165, 1.54) is 7.11 Å². The van der Waals surface area contributed by atoms with Crippen molar-refractivity contribution in [3.63, 3.8) is 0 Å². The molecule has 4 heterocycles. The smallest absolute Gasteiger partial charge is 0.337 e. The van der Waals surface area contributed by atoms with Gasteiger partial charge in [-0.3, -0.25) is 9.97 Å². The topological polar surface area (TPSA) is 83.0 Å². The van der Waals surface area contributed by atoms with Gasteiger partial charge in [-0.2, -0.15) is 0 Å². The van der Waals surface area contributed by atoms with E-state index in [4.69, 9.17) is 14.2 Å². The van der Waals surface area contributed by atoms with E-state index in [2.05, 4.69) is 27.0 Å². The van der Waals surface area contributed by atoms with Crippen LogP contribution in [0.15, 0.2) is 65.4 Å². The second kappa shape index (κ2) is 8.59. The minimum atomic E-state index is -0.360. The van der Waals surface area contributed by atoms with Crippen LogP contribution in [0.1, 0.15) is 33.2 Å². The number of hydrogen-bond acceptors (Lipinski definition) is 6. The van der Waals surface area contributed by atoms with Crippen molar-refractivity contribution in [3.05, 3.63) is 89.3 Å². The Kier molecular flexibility index (Phi) is 5.45. The monoisotopic (exact) mass is 452 g/mol. The van der Waals surface area contributed by atoms with Crippen molar-refractivity contribution in [3.8, 4) is 22.3 Å². The molecule has 7 nitrogen and oxygen atoms in total. The molecule has 5 rings (SSSR count). The molecule has 5 aromatic rings. The van der Waals surface area contributed by atoms with E-state index >= 15 is 0 Å². The van der Waals surface area contributed by atoms with Crippen LogP contribution in [-0.2, 0) is 11.3 Å². The van der Waals surface area contributed by atoms with E-state index in [0.717, 1.165) is 56.1 Å². The number of benzene rings is 1. The van der Waals surface area contributed by atoms with Crippen molar-refractivity contribution in [2.24, 2.45) is 0 Å². The number of nitrogens with zero attached hydrogens (tertiary/aromatic N) is 4. The summed E-state index contributed by atoms with van der Waals surface area (Å²) in [5.41, 5.74) is 8.97. The Bertz CT molecular complexity index is 1490. The standard InChI is InChI=1S/C27H24N4O3/c1-16-6-5-7-22(29-16)14-31-15-23(19-8-10-20(11-9-19)27(32)33-4)26-24(31)12-21(13-28-26)25-17(2)30-34-18(25)3/h5-13,15H,14H2,1-4H3. The summed E-state index contributed by atoms with van der Waals surface area (Å²) in [6.45, 7) is 6.43. The highest BCUT2D eigenvalue weighted by Crippen LogP contribution is 2.34. The van der Waals surface area contributed by atoms with Crippen molar-refractivity contribution >= 4 is 17.0 Å². The summed E-state index contributed by atoms with van der Waals surface area (Å²) in [6.07, 6.45) is 3.95. The van der Waals surface area contributed by atoms with Gasteiger partial charge in [-0.05, 0) is 56.7 Å². The van der Waals surface area contributed by atoms with Crippen molar-refractivity contribution in [1.29, 1.82) is 0 Å². The van der Waals surface area contributed by atoms with Crippen LogP contribution in [0.4, 0.5) is 0 Å². The van der Waals surface area contributed by atoms with Gasteiger partial charge < -0.3 is 13.8 Å². The SMILES string of the molecule is COC(=O)c1ccc(-c2cn(Cc3cccc(C)n3)c3cc(-c4c(C)noc4C)cnc23)cc1. The van der Waals surface area contributed by atoms with E-state index in [1.807, 2.05) is 57.3 Å². The van der Waals surface area contributed by atoms with Crippen molar-refractivity contribution in [2.45, 2.75) is 27.3 Å². The number of rotatable bonds is 5. The minimum Gasteiger partial charge on any atom is -0.465 e. The summed E-state index contributed by atoms with van der Waals surface area (Å²) in [5, 5.41) is 4.10. The molecule has 0 amide bonds. The number of carbonyl (C=O) groups excluding carboxylic acids is 1. The van der Waals surface area contributed by atoms with Crippen LogP contribution >= 0.6 is 0 Å². The van der Waals surface area contributed by atoms with Gasteiger partial charge in [0.2, 0.25) is 0 Å². The molecular formula is C27H24N4O3. The molecule has 0 fully saturated rings. The number of ether oxygens (including phenoxy) is 1. The summed E-state index contributed by atoms with van der Waals surface area (Å²) in [4.78, 5) is 21.4. The molecule has 0 saturated heterocycles. The number of hydrogen-bond donors (Lipinski definition) is 0. The van der Waals surface area contributed by atoms with Gasteiger partial charge >= 0.3 is 5.97 Å². The Balaban J connectivity index is 1.66. The van der Waals surface area contributed by atoms with E-state index in [9.17, 15) is 4.79 Å². The lowest BCUT2D eigenvalue weighted by Gasteiger charge is -2.07. The quantitative estimate of drug-likeness (QED) is 0.327. The molecular weight excluding hydrogens is 428 g/mol. The molecule has 0 aliphatic rings. The maximum atomic E-state index is 11.9.